The van der Waals surface area contributed by atoms with E-state index in [2.05, 4.69) is 0 Å². The van der Waals surface area contributed by atoms with Crippen molar-refractivity contribution in [1.29, 1.82) is 0 Å². The van der Waals surface area contributed by atoms with Gasteiger partial charge in [0.25, 0.3) is 0 Å². The second-order valence-electron chi connectivity index (χ2n) is 4.36. The van der Waals surface area contributed by atoms with E-state index >= 15 is 0 Å². The van der Waals surface area contributed by atoms with Gasteiger partial charge in [-0.15, -0.1) is 0 Å². The number of rotatable bonds is 4. The van der Waals surface area contributed by atoms with Gasteiger partial charge in [0, 0.05) is 0 Å². The molecule has 3 heteroatoms. The summed E-state index contributed by atoms with van der Waals surface area (Å²) in [7, 11) is -3.25. The minimum absolute atomic E-state index is 0.0206. The molecule has 0 spiro atoms. The molecule has 19 heavy (non-hydrogen) atoms. The van der Waals surface area contributed by atoms with E-state index in [-0.39, 0.29) is 5.75 Å². The molecule has 2 rings (SSSR count). The second-order valence-corrected chi connectivity index (χ2v) is 6.36. The largest absolute Gasteiger partial charge is 0.223 e. The quantitative estimate of drug-likeness (QED) is 0.854. The summed E-state index contributed by atoms with van der Waals surface area (Å²) in [4.78, 5) is 0.410. The van der Waals surface area contributed by atoms with Crippen molar-refractivity contribution < 1.29 is 8.42 Å². The van der Waals surface area contributed by atoms with Crippen LogP contribution in [0.5, 0.6) is 0 Å². The summed E-state index contributed by atoms with van der Waals surface area (Å²) in [6.45, 7) is 1.81. The van der Waals surface area contributed by atoms with Crippen molar-refractivity contribution >= 4 is 15.9 Å². The van der Waals surface area contributed by atoms with E-state index in [1.807, 2.05) is 55.5 Å². The summed E-state index contributed by atoms with van der Waals surface area (Å²) in [5.74, 6) is 0.0206. The monoisotopic (exact) mass is 272 g/mol. The molecule has 0 radical (unpaired) electrons. The van der Waals surface area contributed by atoms with Gasteiger partial charge >= 0.3 is 0 Å². The minimum atomic E-state index is -3.25. The third-order valence-electron chi connectivity index (χ3n) is 2.85. The Morgan fingerprint density at radius 2 is 1.58 bits per heavy atom. The zero-order valence-corrected chi connectivity index (χ0v) is 11.6. The van der Waals surface area contributed by atoms with Crippen molar-refractivity contribution in [2.75, 3.05) is 5.75 Å². The fourth-order valence-electron chi connectivity index (χ4n) is 1.87. The predicted molar refractivity (Wildman–Crippen MR) is 78.7 cm³/mol. The van der Waals surface area contributed by atoms with Crippen LogP contribution in [-0.4, -0.2) is 14.2 Å². The lowest BCUT2D eigenvalue weighted by Gasteiger charge is -2.04. The molecule has 98 valence electrons. The highest BCUT2D eigenvalue weighted by atomic mass is 32.2. The van der Waals surface area contributed by atoms with Crippen molar-refractivity contribution in [2.45, 2.75) is 11.8 Å². The van der Waals surface area contributed by atoms with Crippen molar-refractivity contribution in [3.63, 3.8) is 0 Å². The first-order valence-corrected chi connectivity index (χ1v) is 7.75. The molecule has 0 heterocycles. The van der Waals surface area contributed by atoms with Crippen molar-refractivity contribution in [3.8, 4) is 0 Å². The van der Waals surface area contributed by atoms with Gasteiger partial charge in [0.15, 0.2) is 9.84 Å². The molecule has 0 bridgehead atoms. The van der Waals surface area contributed by atoms with E-state index in [9.17, 15) is 8.42 Å². The molecule has 0 aliphatic heterocycles. The first-order valence-electron chi connectivity index (χ1n) is 6.09. The fourth-order valence-corrected chi connectivity index (χ4v) is 3.24. The minimum Gasteiger partial charge on any atom is -0.223 e. The Bertz CT molecular complexity index is 671. The molecule has 0 unspecified atom stereocenters. The second kappa shape index (κ2) is 5.85. The van der Waals surface area contributed by atoms with Gasteiger partial charge in [-0.1, -0.05) is 60.7 Å². The lowest BCUT2D eigenvalue weighted by molar-refractivity contribution is 0.598. The number of hydrogen-bond acceptors (Lipinski definition) is 2. The van der Waals surface area contributed by atoms with Crippen LogP contribution in [0.25, 0.3) is 6.08 Å². The molecule has 2 aromatic rings. The summed E-state index contributed by atoms with van der Waals surface area (Å²) in [6.07, 6.45) is 3.52. The van der Waals surface area contributed by atoms with Crippen LogP contribution < -0.4 is 0 Å². The normalized spacial score (nSPS) is 11.8. The highest BCUT2D eigenvalue weighted by Crippen LogP contribution is 2.16. The molecule has 0 N–H and O–H groups in total. The topological polar surface area (TPSA) is 34.1 Å². The van der Waals surface area contributed by atoms with E-state index in [0.29, 0.717) is 4.90 Å². The summed E-state index contributed by atoms with van der Waals surface area (Å²) < 4.78 is 24.4. The first kappa shape index (κ1) is 13.6. The lowest BCUT2D eigenvalue weighted by atomic mass is 10.2. The van der Waals surface area contributed by atoms with Gasteiger partial charge in [-0.05, 0) is 24.1 Å². The van der Waals surface area contributed by atoms with E-state index in [4.69, 9.17) is 0 Å². The van der Waals surface area contributed by atoms with Gasteiger partial charge < -0.3 is 0 Å². The Kier molecular flexibility index (Phi) is 4.17. The summed E-state index contributed by atoms with van der Waals surface area (Å²) in [5, 5.41) is 0. The summed E-state index contributed by atoms with van der Waals surface area (Å²) >= 11 is 0. The maximum Gasteiger partial charge on any atom is 0.182 e. The van der Waals surface area contributed by atoms with E-state index in [1.54, 1.807) is 18.2 Å². The molecule has 0 amide bonds. The van der Waals surface area contributed by atoms with Crippen LogP contribution in [0.15, 0.2) is 65.6 Å². The van der Waals surface area contributed by atoms with Gasteiger partial charge in [-0.25, -0.2) is 8.42 Å². The molecule has 0 fully saturated rings. The Balaban J connectivity index is 2.15. The molecular formula is C16H16O2S. The van der Waals surface area contributed by atoms with Crippen molar-refractivity contribution in [2.24, 2.45) is 0 Å². The maximum absolute atomic E-state index is 12.2. The summed E-state index contributed by atoms with van der Waals surface area (Å²) in [5.41, 5.74) is 1.79. The standard InChI is InChI=1S/C16H16O2S/c1-14-8-5-6-12-16(14)19(17,18)13-7-11-15-9-3-2-4-10-15/h2-12H,13H2,1H3/b11-7+. The van der Waals surface area contributed by atoms with Gasteiger partial charge in [0.05, 0.1) is 10.6 Å². The molecule has 0 aliphatic carbocycles. The van der Waals surface area contributed by atoms with E-state index in [1.165, 1.54) is 0 Å². The zero-order valence-electron chi connectivity index (χ0n) is 10.8. The lowest BCUT2D eigenvalue weighted by Crippen LogP contribution is -2.06. The highest BCUT2D eigenvalue weighted by molar-refractivity contribution is 7.91. The Morgan fingerprint density at radius 3 is 2.26 bits per heavy atom. The molecule has 0 aromatic heterocycles. The number of sulfone groups is 1. The van der Waals surface area contributed by atoms with Crippen LogP contribution in [0.1, 0.15) is 11.1 Å². The SMILES string of the molecule is Cc1ccccc1S(=O)(=O)C/C=C/c1ccccc1. The number of hydrogen-bond donors (Lipinski definition) is 0. The third-order valence-corrected chi connectivity index (χ3v) is 4.61. The van der Waals surface area contributed by atoms with Crippen LogP contribution in [-0.2, 0) is 9.84 Å². The Hall–Kier alpha value is -1.87. The number of benzene rings is 2. The Labute approximate surface area is 114 Å². The van der Waals surface area contributed by atoms with Crippen LogP contribution in [0.4, 0.5) is 0 Å². The molecule has 2 aromatic carbocycles. The third kappa shape index (κ3) is 3.55. The van der Waals surface area contributed by atoms with E-state index < -0.39 is 9.84 Å². The highest BCUT2D eigenvalue weighted by Gasteiger charge is 2.14. The Morgan fingerprint density at radius 1 is 0.947 bits per heavy atom. The molecule has 0 saturated heterocycles. The summed E-state index contributed by atoms with van der Waals surface area (Å²) in [6, 6.07) is 16.7. The average molecular weight is 272 g/mol. The smallest absolute Gasteiger partial charge is 0.182 e. The van der Waals surface area contributed by atoms with Gasteiger partial charge in [0.1, 0.15) is 0 Å². The molecular weight excluding hydrogens is 256 g/mol. The number of aryl methyl sites for hydroxylation is 1. The first-order chi connectivity index (χ1) is 9.09. The van der Waals surface area contributed by atoms with Crippen molar-refractivity contribution in [3.05, 3.63) is 71.8 Å². The van der Waals surface area contributed by atoms with Crippen LogP contribution >= 0.6 is 0 Å². The zero-order chi connectivity index (χ0) is 13.7. The molecule has 0 aliphatic rings. The van der Waals surface area contributed by atoms with E-state index in [0.717, 1.165) is 11.1 Å². The average Bonchev–Trinajstić information content (AvgIpc) is 2.40. The maximum atomic E-state index is 12.2. The fraction of sp³-hybridized carbons (Fsp3) is 0.125. The van der Waals surface area contributed by atoms with Crippen LogP contribution in [0, 0.1) is 6.92 Å². The van der Waals surface area contributed by atoms with Gasteiger partial charge in [0.2, 0.25) is 0 Å². The molecule has 2 nitrogen and oxygen atoms in total. The van der Waals surface area contributed by atoms with Crippen molar-refractivity contribution in [1.82, 2.24) is 0 Å². The molecule has 0 atom stereocenters. The molecule has 0 saturated carbocycles. The van der Waals surface area contributed by atoms with Gasteiger partial charge in [-0.3, -0.25) is 0 Å². The van der Waals surface area contributed by atoms with Crippen LogP contribution in [0.3, 0.4) is 0 Å². The van der Waals surface area contributed by atoms with Gasteiger partial charge in [-0.2, -0.15) is 0 Å². The predicted octanol–water partition coefficient (Wildman–Crippen LogP) is 3.48. The van der Waals surface area contributed by atoms with Crippen LogP contribution in [0.2, 0.25) is 0 Å².